The zero-order valence-electron chi connectivity index (χ0n) is 16.0. The van der Waals surface area contributed by atoms with Crippen LogP contribution >= 0.6 is 0 Å². The lowest BCUT2D eigenvalue weighted by Gasteiger charge is -2.28. The molecule has 3 heterocycles. The molecule has 6 nitrogen and oxygen atoms in total. The molecule has 0 saturated heterocycles. The van der Waals surface area contributed by atoms with E-state index in [1.807, 2.05) is 46.8 Å². The Morgan fingerprint density at radius 2 is 1.81 bits per heavy atom. The van der Waals surface area contributed by atoms with Crippen molar-refractivity contribution >= 4 is 11.8 Å². The predicted molar refractivity (Wildman–Crippen MR) is 103 cm³/mol. The molecule has 1 atom stereocenters. The summed E-state index contributed by atoms with van der Waals surface area (Å²) in [6, 6.07) is 0. The average molecular weight is 366 g/mol. The fourth-order valence-electron chi connectivity index (χ4n) is 4.40. The van der Waals surface area contributed by atoms with Crippen molar-refractivity contribution in [1.82, 2.24) is 19.6 Å². The molecule has 4 rings (SSSR count). The number of allylic oxidation sites excluding steroid dienone is 3. The van der Waals surface area contributed by atoms with E-state index in [1.54, 1.807) is 12.2 Å². The molecule has 3 aliphatic rings. The number of fused-ring (bicyclic) bond motifs is 1. The van der Waals surface area contributed by atoms with Crippen molar-refractivity contribution in [2.75, 3.05) is 26.2 Å². The number of rotatable bonds is 3. The van der Waals surface area contributed by atoms with Gasteiger partial charge in [0.15, 0.2) is 0 Å². The Labute approximate surface area is 159 Å². The number of hydrogen-bond acceptors (Lipinski definition) is 3. The van der Waals surface area contributed by atoms with Crippen LogP contribution in [0.25, 0.3) is 0 Å². The molecule has 0 N–H and O–H groups in total. The molecule has 0 radical (unpaired) electrons. The first-order chi connectivity index (χ1) is 13.1. The number of nitrogens with zero attached hydrogens (tertiary/aromatic N) is 4. The molecule has 2 aliphatic heterocycles. The number of carbonyl (C=O) groups is 2. The van der Waals surface area contributed by atoms with Crippen molar-refractivity contribution in [1.29, 1.82) is 0 Å². The summed E-state index contributed by atoms with van der Waals surface area (Å²) >= 11 is 0. The summed E-state index contributed by atoms with van der Waals surface area (Å²) in [5, 5.41) is 4.32. The lowest BCUT2D eigenvalue weighted by Crippen LogP contribution is -2.40. The summed E-state index contributed by atoms with van der Waals surface area (Å²) in [7, 11) is 1.97. The quantitative estimate of drug-likeness (QED) is 0.464. The van der Waals surface area contributed by atoms with Crippen LogP contribution in [0.15, 0.2) is 41.6 Å². The van der Waals surface area contributed by atoms with E-state index < -0.39 is 0 Å². The molecule has 142 valence electrons. The second-order valence-corrected chi connectivity index (χ2v) is 7.66. The molecule has 0 fully saturated rings. The van der Waals surface area contributed by atoms with Gasteiger partial charge in [-0.25, -0.2) is 0 Å². The van der Waals surface area contributed by atoms with Gasteiger partial charge in [0.1, 0.15) is 0 Å². The zero-order valence-corrected chi connectivity index (χ0v) is 16.0. The molecule has 2 amide bonds. The maximum atomic E-state index is 13.0. The first-order valence-electron chi connectivity index (χ1n) is 9.63. The van der Waals surface area contributed by atoms with Gasteiger partial charge in [-0.05, 0) is 42.9 Å². The second-order valence-electron chi connectivity index (χ2n) is 7.66. The smallest absolute Gasteiger partial charge is 0.247 e. The summed E-state index contributed by atoms with van der Waals surface area (Å²) in [5.74, 6) is 0.352. The summed E-state index contributed by atoms with van der Waals surface area (Å²) in [6.07, 6.45) is 11.7. The molecule has 1 aromatic heterocycles. The van der Waals surface area contributed by atoms with Gasteiger partial charge in [-0.3, -0.25) is 14.3 Å². The third kappa shape index (κ3) is 3.36. The Morgan fingerprint density at radius 1 is 1.11 bits per heavy atom. The zero-order chi connectivity index (χ0) is 19.0. The molecular formula is C21H26N4O2. The van der Waals surface area contributed by atoms with Gasteiger partial charge in [-0.15, -0.1) is 0 Å². The minimum Gasteiger partial charge on any atom is -0.334 e. The lowest BCUT2D eigenvalue weighted by atomic mass is 9.86. The molecule has 0 saturated carbocycles. The number of carbonyl (C=O) groups excluding carboxylic acids is 2. The van der Waals surface area contributed by atoms with Gasteiger partial charge in [0.25, 0.3) is 0 Å². The lowest BCUT2D eigenvalue weighted by molar-refractivity contribution is -0.134. The van der Waals surface area contributed by atoms with Gasteiger partial charge < -0.3 is 9.80 Å². The number of amides is 2. The first kappa shape index (κ1) is 17.8. The average Bonchev–Trinajstić information content (AvgIpc) is 3.34. The predicted octanol–water partition coefficient (Wildman–Crippen LogP) is 1.64. The van der Waals surface area contributed by atoms with Crippen molar-refractivity contribution in [2.24, 2.45) is 13.0 Å². The van der Waals surface area contributed by atoms with Crippen molar-refractivity contribution < 1.29 is 9.59 Å². The molecule has 1 aromatic rings. The third-order valence-electron chi connectivity index (χ3n) is 5.89. The van der Waals surface area contributed by atoms with Crippen LogP contribution in [-0.2, 0) is 29.5 Å². The maximum absolute atomic E-state index is 13.0. The molecule has 0 bridgehead atoms. The topological polar surface area (TPSA) is 58.4 Å². The van der Waals surface area contributed by atoms with Gasteiger partial charge >= 0.3 is 0 Å². The standard InChI is InChI=1S/C21H26N4O2/c1-3-4-5-6-20(26)24-11-17-13-25(14-18(17)12-24)21(27)15-7-8-19-16(9-15)10-22-23(19)2/h3-6,10,15H,7-9,11-14H2,1-2H3/b4-3+,6-5+. The van der Waals surface area contributed by atoms with Crippen LogP contribution in [-0.4, -0.2) is 57.6 Å². The van der Waals surface area contributed by atoms with E-state index >= 15 is 0 Å². The van der Waals surface area contributed by atoms with Crippen LogP contribution in [0.3, 0.4) is 0 Å². The number of aryl methyl sites for hydroxylation is 1. The van der Waals surface area contributed by atoms with Gasteiger partial charge in [-0.2, -0.15) is 5.10 Å². The fourth-order valence-corrected chi connectivity index (χ4v) is 4.40. The molecule has 0 spiro atoms. The summed E-state index contributed by atoms with van der Waals surface area (Å²) < 4.78 is 1.93. The monoisotopic (exact) mass is 366 g/mol. The van der Waals surface area contributed by atoms with E-state index in [9.17, 15) is 9.59 Å². The Balaban J connectivity index is 1.33. The minimum atomic E-state index is 0.0387. The Hall–Kier alpha value is -2.63. The van der Waals surface area contributed by atoms with Crippen molar-refractivity contribution in [3.05, 3.63) is 52.9 Å². The highest BCUT2D eigenvalue weighted by Gasteiger charge is 2.36. The summed E-state index contributed by atoms with van der Waals surface area (Å²) in [6.45, 7) is 4.57. The largest absolute Gasteiger partial charge is 0.334 e. The molecule has 1 aliphatic carbocycles. The summed E-state index contributed by atoms with van der Waals surface area (Å²) in [5.41, 5.74) is 4.97. The normalized spacial score (nSPS) is 22.2. The maximum Gasteiger partial charge on any atom is 0.247 e. The first-order valence-corrected chi connectivity index (χ1v) is 9.63. The highest BCUT2D eigenvalue weighted by Crippen LogP contribution is 2.31. The van der Waals surface area contributed by atoms with E-state index in [2.05, 4.69) is 5.10 Å². The van der Waals surface area contributed by atoms with Crippen molar-refractivity contribution in [3.63, 3.8) is 0 Å². The molecule has 6 heteroatoms. The number of hydrogen-bond donors (Lipinski definition) is 0. The van der Waals surface area contributed by atoms with Crippen LogP contribution in [0.5, 0.6) is 0 Å². The number of aromatic nitrogens is 2. The molecule has 27 heavy (non-hydrogen) atoms. The van der Waals surface area contributed by atoms with Crippen LogP contribution in [0.1, 0.15) is 24.6 Å². The van der Waals surface area contributed by atoms with E-state index in [1.165, 1.54) is 22.4 Å². The van der Waals surface area contributed by atoms with Gasteiger partial charge in [0.05, 0.1) is 6.20 Å². The molecule has 0 aromatic carbocycles. The minimum absolute atomic E-state index is 0.0387. The molecular weight excluding hydrogens is 340 g/mol. The van der Waals surface area contributed by atoms with Gasteiger partial charge in [0.2, 0.25) is 11.8 Å². The van der Waals surface area contributed by atoms with Crippen LogP contribution in [0, 0.1) is 5.92 Å². The Kier molecular flexibility index (Phi) is 4.72. The fraction of sp³-hybridized carbons (Fsp3) is 0.476. The van der Waals surface area contributed by atoms with E-state index in [4.69, 9.17) is 0 Å². The van der Waals surface area contributed by atoms with E-state index in [0.29, 0.717) is 26.2 Å². The Morgan fingerprint density at radius 3 is 2.52 bits per heavy atom. The highest BCUT2D eigenvalue weighted by atomic mass is 16.2. The molecule has 1 unspecified atom stereocenters. The second kappa shape index (κ2) is 7.18. The third-order valence-corrected chi connectivity index (χ3v) is 5.89. The van der Waals surface area contributed by atoms with Crippen LogP contribution < -0.4 is 0 Å². The van der Waals surface area contributed by atoms with Gasteiger partial charge in [-0.1, -0.05) is 18.2 Å². The van der Waals surface area contributed by atoms with Crippen molar-refractivity contribution in [3.8, 4) is 0 Å². The van der Waals surface area contributed by atoms with Gasteiger partial charge in [0, 0.05) is 50.9 Å². The highest BCUT2D eigenvalue weighted by molar-refractivity contribution is 5.89. The van der Waals surface area contributed by atoms with E-state index in [0.717, 1.165) is 19.3 Å². The Bertz CT molecular complexity index is 844. The van der Waals surface area contributed by atoms with E-state index in [-0.39, 0.29) is 17.7 Å². The SMILES string of the molecule is C/C=C/C=C/C(=O)N1CC2=C(C1)CN(C(=O)C1CCc3c(cnn3C)C1)C2. The van der Waals surface area contributed by atoms with Crippen LogP contribution in [0.4, 0.5) is 0 Å². The van der Waals surface area contributed by atoms with Crippen molar-refractivity contribution in [2.45, 2.75) is 26.2 Å². The van der Waals surface area contributed by atoms with Crippen LogP contribution in [0.2, 0.25) is 0 Å². The summed E-state index contributed by atoms with van der Waals surface area (Å²) in [4.78, 5) is 29.1.